The maximum Gasteiger partial charge on any atom is 0.126 e. The second-order valence-electron chi connectivity index (χ2n) is 3.97. The van der Waals surface area contributed by atoms with Gasteiger partial charge in [-0.15, -0.1) is 0 Å². The molecule has 0 amide bonds. The largest absolute Gasteiger partial charge is 0.467 e. The second kappa shape index (κ2) is 3.93. The zero-order valence-electron chi connectivity index (χ0n) is 8.94. The highest BCUT2D eigenvalue weighted by atomic mass is 16.3. The monoisotopic (exact) mass is 214 g/mol. The summed E-state index contributed by atoms with van der Waals surface area (Å²) in [6.45, 7) is 0.954. The van der Waals surface area contributed by atoms with Crippen LogP contribution in [0.4, 0.5) is 11.4 Å². The Morgan fingerprint density at radius 2 is 1.94 bits per heavy atom. The van der Waals surface area contributed by atoms with Gasteiger partial charge in [0.25, 0.3) is 0 Å². The Morgan fingerprint density at radius 3 is 2.75 bits per heavy atom. The Labute approximate surface area is 94.5 Å². The minimum Gasteiger partial charge on any atom is -0.467 e. The molecule has 3 heteroatoms. The van der Waals surface area contributed by atoms with Crippen molar-refractivity contribution in [2.45, 2.75) is 12.5 Å². The van der Waals surface area contributed by atoms with Gasteiger partial charge in [0.15, 0.2) is 0 Å². The van der Waals surface area contributed by atoms with Crippen LogP contribution in [0.5, 0.6) is 0 Å². The van der Waals surface area contributed by atoms with Crippen molar-refractivity contribution < 1.29 is 4.42 Å². The van der Waals surface area contributed by atoms with Gasteiger partial charge in [-0.1, -0.05) is 12.1 Å². The smallest absolute Gasteiger partial charge is 0.126 e. The summed E-state index contributed by atoms with van der Waals surface area (Å²) >= 11 is 0. The molecule has 2 N–H and O–H groups in total. The highest BCUT2D eigenvalue weighted by molar-refractivity contribution is 5.69. The molecule has 3 rings (SSSR count). The first-order valence-electron chi connectivity index (χ1n) is 5.56. The number of fused-ring (bicyclic) bond motifs is 1. The molecule has 1 aromatic heterocycles. The summed E-state index contributed by atoms with van der Waals surface area (Å²) in [5.74, 6) is 0.999. The number of hydrogen-bond acceptors (Lipinski definition) is 3. The first-order chi connectivity index (χ1) is 7.93. The second-order valence-corrected chi connectivity index (χ2v) is 3.97. The maximum absolute atomic E-state index is 5.45. The number of rotatable bonds is 1. The molecule has 0 saturated carbocycles. The van der Waals surface area contributed by atoms with E-state index in [4.69, 9.17) is 4.42 Å². The Morgan fingerprint density at radius 1 is 1.06 bits per heavy atom. The van der Waals surface area contributed by atoms with Crippen molar-refractivity contribution in [1.29, 1.82) is 0 Å². The van der Waals surface area contributed by atoms with Gasteiger partial charge in [0, 0.05) is 6.54 Å². The third-order valence-electron chi connectivity index (χ3n) is 2.89. The van der Waals surface area contributed by atoms with Gasteiger partial charge >= 0.3 is 0 Å². The van der Waals surface area contributed by atoms with Gasteiger partial charge in [-0.3, -0.25) is 0 Å². The van der Waals surface area contributed by atoms with E-state index in [1.54, 1.807) is 6.26 Å². The number of nitrogens with one attached hydrogen (secondary N) is 2. The van der Waals surface area contributed by atoms with Gasteiger partial charge in [0.05, 0.1) is 23.7 Å². The van der Waals surface area contributed by atoms with Crippen LogP contribution < -0.4 is 10.6 Å². The first kappa shape index (κ1) is 9.33. The summed E-state index contributed by atoms with van der Waals surface area (Å²) in [5, 5.41) is 6.92. The number of para-hydroxylation sites is 2. The van der Waals surface area contributed by atoms with Crippen LogP contribution in [-0.4, -0.2) is 6.54 Å². The Hall–Kier alpha value is -1.90. The zero-order valence-corrected chi connectivity index (χ0v) is 8.94. The van der Waals surface area contributed by atoms with Crippen molar-refractivity contribution >= 4 is 11.4 Å². The molecule has 0 fully saturated rings. The van der Waals surface area contributed by atoms with E-state index in [2.05, 4.69) is 22.8 Å². The van der Waals surface area contributed by atoms with Gasteiger partial charge in [0.1, 0.15) is 5.76 Å². The van der Waals surface area contributed by atoms with Crippen LogP contribution in [-0.2, 0) is 0 Å². The van der Waals surface area contributed by atoms with Crippen molar-refractivity contribution in [1.82, 2.24) is 0 Å². The van der Waals surface area contributed by atoms with E-state index >= 15 is 0 Å². The molecule has 1 atom stereocenters. The quantitative estimate of drug-likeness (QED) is 0.765. The van der Waals surface area contributed by atoms with Crippen LogP contribution in [0.15, 0.2) is 47.1 Å². The fraction of sp³-hybridized carbons (Fsp3) is 0.231. The van der Waals surface area contributed by atoms with E-state index in [1.807, 2.05) is 24.3 Å². The molecule has 0 aliphatic carbocycles. The molecular weight excluding hydrogens is 200 g/mol. The van der Waals surface area contributed by atoms with Crippen molar-refractivity contribution in [3.63, 3.8) is 0 Å². The number of hydrogen-bond donors (Lipinski definition) is 2. The Bertz CT molecular complexity index is 465. The van der Waals surface area contributed by atoms with Crippen LogP contribution in [0, 0.1) is 0 Å². The van der Waals surface area contributed by atoms with Gasteiger partial charge in [-0.05, 0) is 30.7 Å². The van der Waals surface area contributed by atoms with E-state index < -0.39 is 0 Å². The summed E-state index contributed by atoms with van der Waals surface area (Å²) in [5.41, 5.74) is 2.30. The van der Waals surface area contributed by atoms with Gasteiger partial charge in [-0.2, -0.15) is 0 Å². The molecule has 2 aromatic rings. The van der Waals surface area contributed by atoms with E-state index in [1.165, 1.54) is 0 Å². The Balaban J connectivity index is 1.91. The standard InChI is InChI=1S/C13H14N2O/c1-2-5-11-10(4-1)14-8-7-12(15-11)13-6-3-9-16-13/h1-6,9,12,14-15H,7-8H2. The predicted molar refractivity (Wildman–Crippen MR) is 64.6 cm³/mol. The van der Waals surface area contributed by atoms with Crippen molar-refractivity contribution in [2.75, 3.05) is 17.2 Å². The molecule has 0 spiro atoms. The molecule has 1 unspecified atom stereocenters. The first-order valence-corrected chi connectivity index (χ1v) is 5.56. The Kier molecular flexibility index (Phi) is 2.29. The molecule has 2 heterocycles. The van der Waals surface area contributed by atoms with Gasteiger partial charge in [-0.25, -0.2) is 0 Å². The van der Waals surface area contributed by atoms with Crippen molar-refractivity contribution in [3.8, 4) is 0 Å². The molecule has 0 saturated heterocycles. The normalized spacial score (nSPS) is 19.1. The number of anilines is 2. The topological polar surface area (TPSA) is 37.2 Å². The van der Waals surface area contributed by atoms with Crippen LogP contribution in [0.2, 0.25) is 0 Å². The molecule has 1 aromatic carbocycles. The van der Waals surface area contributed by atoms with Crippen LogP contribution in [0.1, 0.15) is 18.2 Å². The van der Waals surface area contributed by atoms with Gasteiger partial charge in [0.2, 0.25) is 0 Å². The molecular formula is C13H14N2O. The zero-order chi connectivity index (χ0) is 10.8. The van der Waals surface area contributed by atoms with Crippen LogP contribution >= 0.6 is 0 Å². The van der Waals surface area contributed by atoms with Crippen molar-refractivity contribution in [2.24, 2.45) is 0 Å². The van der Waals surface area contributed by atoms with Crippen molar-refractivity contribution in [3.05, 3.63) is 48.4 Å². The summed E-state index contributed by atoms with van der Waals surface area (Å²) in [6, 6.07) is 12.5. The van der Waals surface area contributed by atoms with E-state index in [0.29, 0.717) is 0 Å². The van der Waals surface area contributed by atoms with Crippen LogP contribution in [0.3, 0.4) is 0 Å². The third kappa shape index (κ3) is 1.65. The lowest BCUT2D eigenvalue weighted by Gasteiger charge is -2.14. The molecule has 0 radical (unpaired) electrons. The van der Waals surface area contributed by atoms with E-state index in [9.17, 15) is 0 Å². The lowest BCUT2D eigenvalue weighted by molar-refractivity contribution is 0.472. The molecule has 16 heavy (non-hydrogen) atoms. The molecule has 82 valence electrons. The number of benzene rings is 1. The average Bonchev–Trinajstić information content (AvgIpc) is 2.75. The third-order valence-corrected chi connectivity index (χ3v) is 2.89. The summed E-state index contributed by atoms with van der Waals surface area (Å²) < 4.78 is 5.45. The maximum atomic E-state index is 5.45. The minimum absolute atomic E-state index is 0.256. The summed E-state index contributed by atoms with van der Waals surface area (Å²) in [7, 11) is 0. The van der Waals surface area contributed by atoms with E-state index in [-0.39, 0.29) is 6.04 Å². The highest BCUT2D eigenvalue weighted by Gasteiger charge is 2.18. The average molecular weight is 214 g/mol. The minimum atomic E-state index is 0.256. The van der Waals surface area contributed by atoms with E-state index in [0.717, 1.165) is 30.1 Å². The highest BCUT2D eigenvalue weighted by Crippen LogP contribution is 2.31. The lowest BCUT2D eigenvalue weighted by Crippen LogP contribution is -2.09. The van der Waals surface area contributed by atoms with Gasteiger partial charge < -0.3 is 15.1 Å². The SMILES string of the molecule is c1coc(C2CCNc3ccccc3N2)c1. The summed E-state index contributed by atoms with van der Waals surface area (Å²) in [6.07, 6.45) is 2.74. The lowest BCUT2D eigenvalue weighted by atomic mass is 10.1. The molecule has 1 aliphatic rings. The fourth-order valence-corrected chi connectivity index (χ4v) is 2.08. The molecule has 3 nitrogen and oxygen atoms in total. The molecule has 1 aliphatic heterocycles. The number of furan rings is 1. The fourth-order valence-electron chi connectivity index (χ4n) is 2.08. The predicted octanol–water partition coefficient (Wildman–Crippen LogP) is 3.25. The van der Waals surface area contributed by atoms with Crippen LogP contribution in [0.25, 0.3) is 0 Å². The summed E-state index contributed by atoms with van der Waals surface area (Å²) in [4.78, 5) is 0. The molecule has 0 bridgehead atoms.